The number of benzene rings is 3. The lowest BCUT2D eigenvalue weighted by molar-refractivity contribution is -0.161. The molecule has 0 spiro atoms. The van der Waals surface area contributed by atoms with Gasteiger partial charge in [-0.05, 0) is 107 Å². The maximum Gasteiger partial charge on any atom is 0.408 e. The summed E-state index contributed by atoms with van der Waals surface area (Å²) in [6.07, 6.45) is 5.79. The summed E-state index contributed by atoms with van der Waals surface area (Å²) in [7, 11) is 1.54. The van der Waals surface area contributed by atoms with E-state index in [1.54, 1.807) is 81.6 Å². The van der Waals surface area contributed by atoms with Crippen LogP contribution < -0.4 is 24.8 Å². The molecule has 2 fully saturated rings. The van der Waals surface area contributed by atoms with E-state index < -0.39 is 29.3 Å². The molecule has 2 amide bonds. The highest BCUT2D eigenvalue weighted by Gasteiger charge is 2.48. The molecular formula is C39H43N3O8. The first-order chi connectivity index (χ1) is 24.0. The van der Waals surface area contributed by atoms with Crippen LogP contribution in [0.25, 0.3) is 10.9 Å². The minimum absolute atomic E-state index is 0.0798. The number of fused-ring (bicyclic) bond motifs is 3. The van der Waals surface area contributed by atoms with E-state index in [0.717, 1.165) is 32.1 Å². The highest BCUT2D eigenvalue weighted by Crippen LogP contribution is 2.50. The van der Waals surface area contributed by atoms with Gasteiger partial charge in [-0.1, -0.05) is 18.2 Å². The average Bonchev–Trinajstić information content (AvgIpc) is 3.69. The molecular weight excluding hydrogens is 638 g/mol. The number of nitrogens with zero attached hydrogens (tertiary/aromatic N) is 1. The number of pyridine rings is 1. The van der Waals surface area contributed by atoms with Crippen LogP contribution in [0.15, 0.2) is 79.0 Å². The number of anilines is 1. The van der Waals surface area contributed by atoms with Gasteiger partial charge in [0, 0.05) is 35.3 Å². The predicted molar refractivity (Wildman–Crippen MR) is 188 cm³/mol. The predicted octanol–water partition coefficient (Wildman–Crippen LogP) is 7.83. The summed E-state index contributed by atoms with van der Waals surface area (Å²) < 4.78 is 29.5. The molecule has 50 heavy (non-hydrogen) atoms. The number of rotatable bonds is 12. The number of hydrogen-bond acceptors (Lipinski definition) is 9. The van der Waals surface area contributed by atoms with Gasteiger partial charge in [-0.25, -0.2) is 9.59 Å². The lowest BCUT2D eigenvalue weighted by Crippen LogP contribution is -2.47. The van der Waals surface area contributed by atoms with Crippen LogP contribution in [-0.2, 0) is 14.3 Å². The molecule has 11 heteroatoms. The molecule has 0 radical (unpaired) electrons. The van der Waals surface area contributed by atoms with Crippen LogP contribution in [0, 0.1) is 5.92 Å². The van der Waals surface area contributed by atoms with E-state index in [9.17, 15) is 14.4 Å². The van der Waals surface area contributed by atoms with Gasteiger partial charge in [-0.3, -0.25) is 9.78 Å². The lowest BCUT2D eigenvalue weighted by atomic mass is 9.97. The Morgan fingerprint density at radius 2 is 1.68 bits per heavy atom. The van der Waals surface area contributed by atoms with E-state index in [1.807, 2.05) is 18.2 Å². The van der Waals surface area contributed by atoms with E-state index in [-0.39, 0.29) is 18.9 Å². The maximum absolute atomic E-state index is 13.4. The van der Waals surface area contributed by atoms with Crippen molar-refractivity contribution in [3.05, 3.63) is 84.6 Å². The van der Waals surface area contributed by atoms with Crippen molar-refractivity contribution in [3.8, 4) is 23.0 Å². The van der Waals surface area contributed by atoms with Gasteiger partial charge in [-0.2, -0.15) is 0 Å². The summed E-state index contributed by atoms with van der Waals surface area (Å²) in [5, 5.41) is 6.27. The first kappa shape index (κ1) is 34.5. The third kappa shape index (κ3) is 8.45. The Bertz CT molecular complexity index is 1830. The van der Waals surface area contributed by atoms with Crippen molar-refractivity contribution < 1.29 is 38.1 Å². The monoisotopic (exact) mass is 681 g/mol. The van der Waals surface area contributed by atoms with Crippen molar-refractivity contribution in [2.75, 3.05) is 19.0 Å². The zero-order chi connectivity index (χ0) is 35.3. The summed E-state index contributed by atoms with van der Waals surface area (Å²) in [4.78, 5) is 43.1. The smallest absolute Gasteiger partial charge is 0.408 e. The first-order valence-corrected chi connectivity index (χ1v) is 17.0. The fourth-order valence-corrected chi connectivity index (χ4v) is 6.57. The number of alkyl carbamates (subject to hydrolysis) is 1. The number of amides is 2. The molecule has 0 aliphatic heterocycles. The molecule has 4 aromatic rings. The number of methoxy groups -OCH3 is 1. The molecule has 2 N–H and O–H groups in total. The van der Waals surface area contributed by atoms with Gasteiger partial charge in [0.05, 0.1) is 19.2 Å². The molecule has 11 nitrogen and oxygen atoms in total. The number of carbonyl (C=O) groups is 3. The molecule has 1 atom stereocenters. The summed E-state index contributed by atoms with van der Waals surface area (Å²) in [6, 6.07) is 20.4. The third-order valence-corrected chi connectivity index (χ3v) is 9.00. The second kappa shape index (κ2) is 14.7. The molecule has 0 unspecified atom stereocenters. The molecule has 2 bridgehead atoms. The largest absolute Gasteiger partial charge is 0.493 e. The number of aromatic nitrogens is 1. The second-order valence-corrected chi connectivity index (χ2v) is 13.9. The summed E-state index contributed by atoms with van der Waals surface area (Å²) in [5.74, 6) is 1.89. The van der Waals surface area contributed by atoms with Crippen LogP contribution in [-0.4, -0.2) is 53.9 Å². The quantitative estimate of drug-likeness (QED) is 0.144. The fraction of sp³-hybridized carbons (Fsp3) is 0.385. The Balaban J connectivity index is 1.12. The second-order valence-electron chi connectivity index (χ2n) is 13.9. The highest BCUT2D eigenvalue weighted by atomic mass is 16.6. The van der Waals surface area contributed by atoms with Gasteiger partial charge >= 0.3 is 12.1 Å². The van der Waals surface area contributed by atoms with Gasteiger partial charge in [0.15, 0.2) is 11.5 Å². The van der Waals surface area contributed by atoms with Crippen LogP contribution >= 0.6 is 0 Å². The molecule has 0 saturated heterocycles. The summed E-state index contributed by atoms with van der Waals surface area (Å²) in [6.45, 7) is 5.37. The van der Waals surface area contributed by atoms with E-state index in [1.165, 1.54) is 7.11 Å². The number of hydrogen-bond donors (Lipinski definition) is 2. The normalized spacial score (nSPS) is 18.6. The third-order valence-electron chi connectivity index (χ3n) is 9.00. The van der Waals surface area contributed by atoms with Gasteiger partial charge < -0.3 is 34.3 Å². The van der Waals surface area contributed by atoms with Crippen molar-refractivity contribution in [1.82, 2.24) is 10.3 Å². The number of esters is 1. The van der Waals surface area contributed by atoms with Crippen molar-refractivity contribution >= 4 is 34.6 Å². The van der Waals surface area contributed by atoms with E-state index in [2.05, 4.69) is 15.6 Å². The Kier molecular flexibility index (Phi) is 10.1. The van der Waals surface area contributed by atoms with Crippen LogP contribution in [0.5, 0.6) is 23.0 Å². The highest BCUT2D eigenvalue weighted by molar-refractivity contribution is 6.04. The molecule has 6 rings (SSSR count). The lowest BCUT2D eigenvalue weighted by Gasteiger charge is -2.30. The molecule has 1 aromatic heterocycles. The maximum atomic E-state index is 13.4. The molecule has 2 aliphatic rings. The van der Waals surface area contributed by atoms with Crippen LogP contribution in [0.1, 0.15) is 69.7 Å². The van der Waals surface area contributed by atoms with Gasteiger partial charge in [-0.15, -0.1) is 0 Å². The zero-order valence-corrected chi connectivity index (χ0v) is 28.8. The SMILES string of the molecule is COc1cc2c(Oc3ccc(NC(=O)c4ccccc4)cc3)ccnc2cc1OCC[C@H](NC(=O)OC(C)(C)C)C(=O)OC12CCC(CC1)C2. The van der Waals surface area contributed by atoms with Crippen LogP contribution in [0.4, 0.5) is 10.5 Å². The standard InChI is InChI=1S/C39H43N3O8/c1-38(2,3)50-37(45)42-30(36(44)49-39-18-14-25(24-39)15-19-39)17-21-47-34-23-31-29(22-33(34)46-4)32(16-20-40-31)48-28-12-10-27(11-13-28)41-35(43)26-8-6-5-7-9-26/h5-13,16,20,22-23,25,30H,14-15,17-19,21,24H2,1-4H3,(H,41,43)(H,42,45)/t25?,30-,39?/m0/s1. The molecule has 2 aliphatic carbocycles. The Hall–Kier alpha value is -5.32. The number of carbonyl (C=O) groups excluding carboxylic acids is 3. The Labute approximate surface area is 291 Å². The van der Waals surface area contributed by atoms with Crippen molar-refractivity contribution in [1.29, 1.82) is 0 Å². The minimum atomic E-state index is -0.957. The molecule has 1 heterocycles. The van der Waals surface area contributed by atoms with Crippen molar-refractivity contribution in [2.24, 2.45) is 5.92 Å². The Morgan fingerprint density at radius 3 is 2.34 bits per heavy atom. The summed E-state index contributed by atoms with van der Waals surface area (Å²) >= 11 is 0. The van der Waals surface area contributed by atoms with Crippen LogP contribution in [0.2, 0.25) is 0 Å². The number of nitrogens with one attached hydrogen (secondary N) is 2. The Morgan fingerprint density at radius 1 is 0.940 bits per heavy atom. The average molecular weight is 682 g/mol. The van der Waals surface area contributed by atoms with Gasteiger partial charge in [0.2, 0.25) is 0 Å². The van der Waals surface area contributed by atoms with Gasteiger partial charge in [0.1, 0.15) is 28.7 Å². The number of ether oxygens (including phenoxy) is 5. The van der Waals surface area contributed by atoms with E-state index in [4.69, 9.17) is 23.7 Å². The topological polar surface area (TPSA) is 134 Å². The van der Waals surface area contributed by atoms with Crippen molar-refractivity contribution in [2.45, 2.75) is 76.5 Å². The van der Waals surface area contributed by atoms with Crippen LogP contribution in [0.3, 0.4) is 0 Å². The minimum Gasteiger partial charge on any atom is -0.493 e. The molecule has 262 valence electrons. The zero-order valence-electron chi connectivity index (χ0n) is 28.8. The van der Waals surface area contributed by atoms with Gasteiger partial charge in [0.25, 0.3) is 5.91 Å². The first-order valence-electron chi connectivity index (χ1n) is 17.0. The van der Waals surface area contributed by atoms with E-state index in [0.29, 0.717) is 51.1 Å². The fourth-order valence-electron chi connectivity index (χ4n) is 6.57. The summed E-state index contributed by atoms with van der Waals surface area (Å²) in [5.41, 5.74) is 0.638. The molecule has 3 aromatic carbocycles. The van der Waals surface area contributed by atoms with E-state index >= 15 is 0 Å². The molecule has 2 saturated carbocycles. The van der Waals surface area contributed by atoms with Crippen molar-refractivity contribution in [3.63, 3.8) is 0 Å².